The SMILES string of the molecule is Cc1ccc2sc(C3CC4(CC(NC(=O)c5ccnc(N(C)C6CC6)c5)C4)C3)nc2c1. The van der Waals surface area contributed by atoms with Crippen LogP contribution in [-0.2, 0) is 0 Å². The lowest BCUT2D eigenvalue weighted by atomic mass is 9.50. The van der Waals surface area contributed by atoms with Gasteiger partial charge >= 0.3 is 0 Å². The highest BCUT2D eigenvalue weighted by Crippen LogP contribution is 2.62. The fourth-order valence-corrected chi connectivity index (χ4v) is 6.53. The van der Waals surface area contributed by atoms with E-state index in [0.717, 1.165) is 29.7 Å². The van der Waals surface area contributed by atoms with Crippen LogP contribution in [0.25, 0.3) is 10.2 Å². The second-order valence-corrected chi connectivity index (χ2v) is 11.0. The molecule has 1 amide bonds. The van der Waals surface area contributed by atoms with Crippen molar-refractivity contribution < 1.29 is 4.79 Å². The van der Waals surface area contributed by atoms with Crippen molar-refractivity contribution in [2.45, 2.75) is 63.5 Å². The summed E-state index contributed by atoms with van der Waals surface area (Å²) in [7, 11) is 2.07. The first-order chi connectivity index (χ1) is 15.0. The van der Waals surface area contributed by atoms with Crippen LogP contribution in [0.3, 0.4) is 0 Å². The van der Waals surface area contributed by atoms with Gasteiger partial charge in [0, 0.05) is 36.8 Å². The van der Waals surface area contributed by atoms with Gasteiger partial charge in [-0.2, -0.15) is 0 Å². The molecule has 3 aliphatic rings. The Kier molecular flexibility index (Phi) is 4.36. The van der Waals surface area contributed by atoms with Gasteiger partial charge in [0.2, 0.25) is 0 Å². The van der Waals surface area contributed by atoms with Crippen LogP contribution in [0.5, 0.6) is 0 Å². The lowest BCUT2D eigenvalue weighted by molar-refractivity contribution is -0.0187. The standard InChI is InChI=1S/C25H28N4OS/c1-15-3-6-21-20(9-15)28-24(31-21)17-11-25(12-17)13-18(14-25)27-23(30)16-7-8-26-22(10-16)29(2)19-4-5-19/h3,6-10,17-19H,4-5,11-14H2,1-2H3,(H,27,30). The Morgan fingerprint density at radius 1 is 1.16 bits per heavy atom. The summed E-state index contributed by atoms with van der Waals surface area (Å²) in [6, 6.07) is 11.2. The van der Waals surface area contributed by atoms with Gasteiger partial charge in [-0.25, -0.2) is 9.97 Å². The highest BCUT2D eigenvalue weighted by molar-refractivity contribution is 7.18. The number of pyridine rings is 1. The Morgan fingerprint density at radius 2 is 1.97 bits per heavy atom. The minimum Gasteiger partial charge on any atom is -0.357 e. The van der Waals surface area contributed by atoms with Crippen molar-refractivity contribution in [1.29, 1.82) is 0 Å². The summed E-state index contributed by atoms with van der Waals surface area (Å²) in [6.45, 7) is 2.12. The number of rotatable bonds is 5. The summed E-state index contributed by atoms with van der Waals surface area (Å²) in [5.41, 5.74) is 3.55. The molecule has 0 bridgehead atoms. The molecule has 6 rings (SSSR count). The van der Waals surface area contributed by atoms with Crippen LogP contribution >= 0.6 is 11.3 Å². The normalized spacial score (nSPS) is 27.0. The number of nitrogens with zero attached hydrogens (tertiary/aromatic N) is 3. The number of thiazole rings is 1. The predicted octanol–water partition coefficient (Wildman–Crippen LogP) is 5.05. The average Bonchev–Trinajstić information content (AvgIpc) is 3.48. The van der Waals surface area contributed by atoms with E-state index in [2.05, 4.69) is 47.4 Å². The van der Waals surface area contributed by atoms with Crippen LogP contribution in [0, 0.1) is 12.3 Å². The molecule has 1 aromatic carbocycles. The number of hydrogen-bond donors (Lipinski definition) is 1. The molecule has 3 aromatic rings. The molecular weight excluding hydrogens is 404 g/mol. The molecule has 0 saturated heterocycles. The first-order valence-electron chi connectivity index (χ1n) is 11.3. The van der Waals surface area contributed by atoms with E-state index < -0.39 is 0 Å². The van der Waals surface area contributed by atoms with E-state index in [1.54, 1.807) is 6.20 Å². The van der Waals surface area contributed by atoms with Crippen molar-refractivity contribution in [1.82, 2.24) is 15.3 Å². The van der Waals surface area contributed by atoms with E-state index in [4.69, 9.17) is 4.98 Å². The lowest BCUT2D eigenvalue weighted by Gasteiger charge is -2.57. The van der Waals surface area contributed by atoms with Crippen molar-refractivity contribution in [2.24, 2.45) is 5.41 Å². The first kappa shape index (κ1) is 19.2. The Labute approximate surface area is 186 Å². The van der Waals surface area contributed by atoms with Gasteiger partial charge in [0.15, 0.2) is 0 Å². The van der Waals surface area contributed by atoms with Crippen LogP contribution in [-0.4, -0.2) is 35.0 Å². The molecule has 1 spiro atoms. The summed E-state index contributed by atoms with van der Waals surface area (Å²) < 4.78 is 1.30. The second-order valence-electron chi connectivity index (χ2n) is 9.95. The zero-order valence-electron chi connectivity index (χ0n) is 18.1. The highest BCUT2D eigenvalue weighted by Gasteiger charge is 2.54. The molecule has 2 heterocycles. The molecule has 0 aliphatic heterocycles. The van der Waals surface area contributed by atoms with Crippen molar-refractivity contribution in [3.8, 4) is 0 Å². The zero-order valence-corrected chi connectivity index (χ0v) is 18.9. The largest absolute Gasteiger partial charge is 0.357 e. The first-order valence-corrected chi connectivity index (χ1v) is 12.2. The van der Waals surface area contributed by atoms with Gasteiger partial charge in [-0.3, -0.25) is 4.79 Å². The zero-order chi connectivity index (χ0) is 21.2. The highest BCUT2D eigenvalue weighted by atomic mass is 32.1. The molecule has 6 heteroatoms. The minimum absolute atomic E-state index is 0.0325. The van der Waals surface area contributed by atoms with Crippen LogP contribution in [0.4, 0.5) is 5.82 Å². The Hall–Kier alpha value is -2.47. The number of hydrogen-bond acceptors (Lipinski definition) is 5. The fraction of sp³-hybridized carbons (Fsp3) is 0.480. The van der Waals surface area contributed by atoms with E-state index >= 15 is 0 Å². The molecule has 160 valence electrons. The van der Waals surface area contributed by atoms with Crippen molar-refractivity contribution in [3.63, 3.8) is 0 Å². The maximum absolute atomic E-state index is 12.8. The maximum Gasteiger partial charge on any atom is 0.251 e. The number of aromatic nitrogens is 2. The molecule has 3 saturated carbocycles. The van der Waals surface area contributed by atoms with Crippen LogP contribution < -0.4 is 10.2 Å². The Morgan fingerprint density at radius 3 is 2.74 bits per heavy atom. The summed E-state index contributed by atoms with van der Waals surface area (Å²) in [5, 5.41) is 4.55. The summed E-state index contributed by atoms with van der Waals surface area (Å²) >= 11 is 1.85. The number of carbonyl (C=O) groups is 1. The third kappa shape index (κ3) is 3.51. The van der Waals surface area contributed by atoms with Crippen molar-refractivity contribution >= 4 is 33.3 Å². The number of aryl methyl sites for hydroxylation is 1. The van der Waals surface area contributed by atoms with Gasteiger partial charge in [0.25, 0.3) is 5.91 Å². The summed E-state index contributed by atoms with van der Waals surface area (Å²) in [4.78, 5) is 24.3. The smallest absolute Gasteiger partial charge is 0.251 e. The predicted molar refractivity (Wildman–Crippen MR) is 125 cm³/mol. The number of anilines is 1. The molecule has 0 atom stereocenters. The maximum atomic E-state index is 12.8. The van der Waals surface area contributed by atoms with E-state index in [1.807, 2.05) is 23.5 Å². The number of benzene rings is 1. The molecule has 3 aliphatic carbocycles. The quantitative estimate of drug-likeness (QED) is 0.613. The third-order valence-corrected chi connectivity index (χ3v) is 8.62. The number of nitrogens with one attached hydrogen (secondary N) is 1. The van der Waals surface area contributed by atoms with Gasteiger partial charge in [0.1, 0.15) is 5.82 Å². The molecule has 0 unspecified atom stereocenters. The molecule has 3 fully saturated rings. The van der Waals surface area contributed by atoms with Gasteiger partial charge in [-0.05, 0) is 80.7 Å². The molecular formula is C25H28N4OS. The summed E-state index contributed by atoms with van der Waals surface area (Å²) in [6.07, 6.45) is 8.81. The monoisotopic (exact) mass is 432 g/mol. The minimum atomic E-state index is 0.0325. The van der Waals surface area contributed by atoms with E-state index in [1.165, 1.54) is 41.0 Å². The molecule has 31 heavy (non-hydrogen) atoms. The number of carbonyl (C=O) groups excluding carboxylic acids is 1. The molecule has 1 N–H and O–H groups in total. The summed E-state index contributed by atoms with van der Waals surface area (Å²) in [5.74, 6) is 1.52. The Bertz CT molecular complexity index is 1150. The third-order valence-electron chi connectivity index (χ3n) is 7.43. The van der Waals surface area contributed by atoms with Crippen molar-refractivity contribution in [2.75, 3.05) is 11.9 Å². The van der Waals surface area contributed by atoms with Gasteiger partial charge in [0.05, 0.1) is 15.2 Å². The van der Waals surface area contributed by atoms with Gasteiger partial charge < -0.3 is 10.2 Å². The molecule has 0 radical (unpaired) electrons. The van der Waals surface area contributed by atoms with Crippen LogP contribution in [0.2, 0.25) is 0 Å². The molecule has 5 nitrogen and oxygen atoms in total. The van der Waals surface area contributed by atoms with E-state index in [-0.39, 0.29) is 5.91 Å². The Balaban J connectivity index is 1.04. The molecule has 2 aromatic heterocycles. The van der Waals surface area contributed by atoms with Crippen LogP contribution in [0.15, 0.2) is 36.5 Å². The number of fused-ring (bicyclic) bond motifs is 1. The van der Waals surface area contributed by atoms with Crippen LogP contribution in [0.1, 0.15) is 65.4 Å². The average molecular weight is 433 g/mol. The fourth-order valence-electron chi connectivity index (χ4n) is 5.48. The van der Waals surface area contributed by atoms with E-state index in [9.17, 15) is 4.79 Å². The topological polar surface area (TPSA) is 58.1 Å². The van der Waals surface area contributed by atoms with Gasteiger partial charge in [-0.15, -0.1) is 11.3 Å². The lowest BCUT2D eigenvalue weighted by Crippen LogP contribution is -2.55. The number of amides is 1. The van der Waals surface area contributed by atoms with Crippen molar-refractivity contribution in [3.05, 3.63) is 52.7 Å². The second kappa shape index (κ2) is 7.02. The van der Waals surface area contributed by atoms with Gasteiger partial charge in [-0.1, -0.05) is 6.07 Å². The van der Waals surface area contributed by atoms with E-state index in [0.29, 0.717) is 23.4 Å².